The lowest BCUT2D eigenvalue weighted by Gasteiger charge is -2.10. The minimum Gasteiger partial charge on any atom is -0.130 e. The summed E-state index contributed by atoms with van der Waals surface area (Å²) < 4.78 is 1.15. The first kappa shape index (κ1) is 13.1. The van der Waals surface area contributed by atoms with Crippen LogP contribution in [0.3, 0.4) is 0 Å². The van der Waals surface area contributed by atoms with Gasteiger partial charge < -0.3 is 0 Å². The molecule has 0 bridgehead atoms. The highest BCUT2D eigenvalue weighted by Crippen LogP contribution is 2.36. The van der Waals surface area contributed by atoms with Crippen molar-refractivity contribution in [3.8, 4) is 11.1 Å². The van der Waals surface area contributed by atoms with Crippen LogP contribution in [0.25, 0.3) is 11.1 Å². The van der Waals surface area contributed by atoms with E-state index in [2.05, 4.69) is 64.8 Å². The summed E-state index contributed by atoms with van der Waals surface area (Å²) >= 11 is 7.19. The van der Waals surface area contributed by atoms with Crippen molar-refractivity contribution in [3.63, 3.8) is 0 Å². The van der Waals surface area contributed by atoms with Gasteiger partial charge in [0, 0.05) is 14.3 Å². The Morgan fingerprint density at radius 2 is 1.65 bits per heavy atom. The second-order valence-electron chi connectivity index (χ2n) is 3.55. The normalized spacial score (nSPS) is 10.5. The molecule has 0 aliphatic rings. The first-order valence-electron chi connectivity index (χ1n) is 5.23. The van der Waals surface area contributed by atoms with Crippen molar-refractivity contribution in [1.82, 2.24) is 0 Å². The minimum atomic E-state index is 1.15. The monoisotopic (exact) mass is 324 g/mol. The maximum atomic E-state index is 3.62. The topological polar surface area (TPSA) is 0 Å². The van der Waals surface area contributed by atoms with Crippen LogP contribution in [-0.2, 0) is 0 Å². The largest absolute Gasteiger partial charge is 0.130 e. The van der Waals surface area contributed by atoms with Gasteiger partial charge in [-0.3, -0.25) is 0 Å². The fraction of sp³-hybridized carbons (Fsp3) is 0.143. The first-order valence-corrected chi connectivity index (χ1v) is 8.47. The van der Waals surface area contributed by atoms with E-state index in [0.717, 1.165) is 4.47 Å². The van der Waals surface area contributed by atoms with E-state index in [0.29, 0.717) is 0 Å². The minimum absolute atomic E-state index is 1.15. The zero-order chi connectivity index (χ0) is 12.3. The predicted octanol–water partition coefficient (Wildman–Crippen LogP) is 5.56. The summed E-state index contributed by atoms with van der Waals surface area (Å²) in [5.74, 6) is 0. The Kier molecular flexibility index (Phi) is 4.60. The molecule has 0 atom stereocenters. The molecule has 0 aliphatic carbocycles. The van der Waals surface area contributed by atoms with Crippen molar-refractivity contribution in [2.45, 2.75) is 9.79 Å². The molecule has 0 radical (unpaired) electrons. The van der Waals surface area contributed by atoms with Crippen molar-refractivity contribution >= 4 is 39.5 Å². The van der Waals surface area contributed by atoms with Gasteiger partial charge in [0.2, 0.25) is 0 Å². The zero-order valence-electron chi connectivity index (χ0n) is 9.74. The lowest BCUT2D eigenvalue weighted by molar-refractivity contribution is 1.33. The van der Waals surface area contributed by atoms with Crippen molar-refractivity contribution < 1.29 is 0 Å². The Hall–Kier alpha value is -0.380. The average molecular weight is 325 g/mol. The Bertz CT molecular complexity index is 523. The molecule has 0 nitrogen and oxygen atoms in total. The summed E-state index contributed by atoms with van der Waals surface area (Å²) in [4.78, 5) is 2.63. The van der Waals surface area contributed by atoms with Gasteiger partial charge >= 0.3 is 0 Å². The number of hydrogen-bond acceptors (Lipinski definition) is 2. The van der Waals surface area contributed by atoms with Crippen LogP contribution >= 0.6 is 39.5 Å². The molecule has 0 saturated carbocycles. The fourth-order valence-corrected chi connectivity index (χ4v) is 3.36. The number of benzene rings is 2. The van der Waals surface area contributed by atoms with Crippen molar-refractivity contribution in [1.29, 1.82) is 0 Å². The van der Waals surface area contributed by atoms with Gasteiger partial charge in [0.25, 0.3) is 0 Å². The van der Waals surface area contributed by atoms with Crippen LogP contribution in [0.1, 0.15) is 0 Å². The molecular formula is C14H13BrS2. The van der Waals surface area contributed by atoms with E-state index < -0.39 is 0 Å². The van der Waals surface area contributed by atoms with Crippen LogP contribution in [0.15, 0.2) is 56.7 Å². The molecular weight excluding hydrogens is 312 g/mol. The third kappa shape index (κ3) is 2.90. The SMILES string of the molecule is CSc1ccc(-c2ccccc2Br)c(SC)c1. The highest BCUT2D eigenvalue weighted by molar-refractivity contribution is 9.10. The molecule has 0 N–H and O–H groups in total. The number of halogens is 1. The Labute approximate surface area is 119 Å². The third-order valence-corrected chi connectivity index (χ3v) is 4.77. The predicted molar refractivity (Wildman–Crippen MR) is 83.1 cm³/mol. The van der Waals surface area contributed by atoms with Gasteiger partial charge in [-0.1, -0.05) is 40.2 Å². The van der Waals surface area contributed by atoms with E-state index in [-0.39, 0.29) is 0 Å². The number of hydrogen-bond donors (Lipinski definition) is 0. The van der Waals surface area contributed by atoms with E-state index in [4.69, 9.17) is 0 Å². The van der Waals surface area contributed by atoms with E-state index in [1.807, 2.05) is 6.07 Å². The van der Waals surface area contributed by atoms with E-state index >= 15 is 0 Å². The van der Waals surface area contributed by atoms with Gasteiger partial charge in [0.15, 0.2) is 0 Å². The zero-order valence-corrected chi connectivity index (χ0v) is 13.0. The number of rotatable bonds is 3. The summed E-state index contributed by atoms with van der Waals surface area (Å²) in [5.41, 5.74) is 2.55. The molecule has 0 fully saturated rings. The second-order valence-corrected chi connectivity index (χ2v) is 6.13. The molecule has 3 heteroatoms. The van der Waals surface area contributed by atoms with Crippen molar-refractivity contribution in [2.75, 3.05) is 12.5 Å². The number of thioether (sulfide) groups is 2. The molecule has 2 aromatic carbocycles. The summed E-state index contributed by atoms with van der Waals surface area (Å²) in [7, 11) is 0. The van der Waals surface area contributed by atoms with Gasteiger partial charge in [0.1, 0.15) is 0 Å². The highest BCUT2D eigenvalue weighted by atomic mass is 79.9. The molecule has 0 unspecified atom stereocenters. The van der Waals surface area contributed by atoms with Crippen LogP contribution in [0, 0.1) is 0 Å². The molecule has 2 rings (SSSR count). The molecule has 0 amide bonds. The standard InChI is InChI=1S/C14H13BrS2/c1-16-10-7-8-12(14(9-10)17-2)11-5-3-4-6-13(11)15/h3-9H,1-2H3. The molecule has 0 aliphatic heterocycles. The molecule has 88 valence electrons. The molecule has 0 spiro atoms. The van der Waals surface area contributed by atoms with Crippen LogP contribution in [-0.4, -0.2) is 12.5 Å². The van der Waals surface area contributed by atoms with Crippen LogP contribution in [0.4, 0.5) is 0 Å². The van der Waals surface area contributed by atoms with Gasteiger partial charge in [-0.2, -0.15) is 0 Å². The Morgan fingerprint density at radius 1 is 0.882 bits per heavy atom. The second kappa shape index (κ2) is 5.98. The Morgan fingerprint density at radius 3 is 2.29 bits per heavy atom. The van der Waals surface area contributed by atoms with E-state index in [1.54, 1.807) is 23.5 Å². The smallest absolute Gasteiger partial charge is 0.0254 e. The molecule has 17 heavy (non-hydrogen) atoms. The summed E-state index contributed by atoms with van der Waals surface area (Å²) in [6.45, 7) is 0. The molecule has 0 heterocycles. The average Bonchev–Trinajstić information content (AvgIpc) is 2.38. The molecule has 2 aromatic rings. The van der Waals surface area contributed by atoms with Crippen LogP contribution in [0.2, 0.25) is 0 Å². The van der Waals surface area contributed by atoms with Crippen LogP contribution < -0.4 is 0 Å². The van der Waals surface area contributed by atoms with Crippen LogP contribution in [0.5, 0.6) is 0 Å². The highest BCUT2D eigenvalue weighted by Gasteiger charge is 2.08. The maximum Gasteiger partial charge on any atom is 0.0254 e. The maximum absolute atomic E-state index is 3.62. The molecule has 0 aromatic heterocycles. The van der Waals surface area contributed by atoms with Gasteiger partial charge in [-0.15, -0.1) is 23.5 Å². The van der Waals surface area contributed by atoms with Crippen molar-refractivity contribution in [3.05, 3.63) is 46.9 Å². The molecule has 0 saturated heterocycles. The fourth-order valence-electron chi connectivity index (χ4n) is 1.70. The quantitative estimate of drug-likeness (QED) is 0.678. The summed E-state index contributed by atoms with van der Waals surface area (Å²) in [6.07, 6.45) is 4.23. The lowest BCUT2D eigenvalue weighted by Crippen LogP contribution is -1.84. The Balaban J connectivity index is 2.56. The summed E-state index contributed by atoms with van der Waals surface area (Å²) in [6, 6.07) is 15.0. The van der Waals surface area contributed by atoms with Gasteiger partial charge in [-0.25, -0.2) is 0 Å². The van der Waals surface area contributed by atoms with Gasteiger partial charge in [0.05, 0.1) is 0 Å². The van der Waals surface area contributed by atoms with E-state index in [1.165, 1.54) is 20.9 Å². The summed E-state index contributed by atoms with van der Waals surface area (Å²) in [5, 5.41) is 0. The van der Waals surface area contributed by atoms with Crippen molar-refractivity contribution in [2.24, 2.45) is 0 Å². The van der Waals surface area contributed by atoms with E-state index in [9.17, 15) is 0 Å². The van der Waals surface area contributed by atoms with Gasteiger partial charge in [-0.05, 0) is 41.8 Å². The first-order chi connectivity index (χ1) is 8.26. The lowest BCUT2D eigenvalue weighted by atomic mass is 10.1. The third-order valence-electron chi connectivity index (χ3n) is 2.57.